The number of hydrogen-bond donors (Lipinski definition) is 1. The molecule has 0 aromatic heterocycles. The van der Waals surface area contributed by atoms with E-state index in [-0.39, 0.29) is 18.8 Å². The van der Waals surface area contributed by atoms with Gasteiger partial charge in [-0.25, -0.2) is 0 Å². The van der Waals surface area contributed by atoms with Crippen LogP contribution in [0.3, 0.4) is 0 Å². The summed E-state index contributed by atoms with van der Waals surface area (Å²) in [6, 6.07) is 7.44. The van der Waals surface area contributed by atoms with Crippen LogP contribution in [0.1, 0.15) is 18.4 Å². The summed E-state index contributed by atoms with van der Waals surface area (Å²) >= 11 is 0. The standard InChI is InChI=1S/C16H21NO4/c1-19-12-21-14-7-4-13(5-8-14)6-9-16(18)17-11-15-3-2-10-20-15/h4-9,15H,2-3,10-12H2,1H3,(H,17,18)/b9-6+. The summed E-state index contributed by atoms with van der Waals surface area (Å²) in [7, 11) is 1.58. The van der Waals surface area contributed by atoms with Gasteiger partial charge in [0.2, 0.25) is 5.91 Å². The Labute approximate surface area is 124 Å². The van der Waals surface area contributed by atoms with Gasteiger partial charge in [-0.3, -0.25) is 4.79 Å². The van der Waals surface area contributed by atoms with Crippen LogP contribution in [0.25, 0.3) is 6.08 Å². The molecule has 1 aliphatic rings. The number of ether oxygens (including phenoxy) is 3. The third-order valence-corrected chi connectivity index (χ3v) is 3.18. The van der Waals surface area contributed by atoms with Crippen LogP contribution < -0.4 is 10.1 Å². The summed E-state index contributed by atoms with van der Waals surface area (Å²) in [6.07, 6.45) is 5.56. The summed E-state index contributed by atoms with van der Waals surface area (Å²) in [5.41, 5.74) is 0.937. The number of carbonyl (C=O) groups is 1. The minimum atomic E-state index is -0.106. The molecule has 1 N–H and O–H groups in total. The minimum Gasteiger partial charge on any atom is -0.468 e. The molecule has 1 aliphatic heterocycles. The molecular weight excluding hydrogens is 270 g/mol. The highest BCUT2D eigenvalue weighted by molar-refractivity contribution is 5.91. The van der Waals surface area contributed by atoms with Gasteiger partial charge in [0.05, 0.1) is 6.10 Å². The van der Waals surface area contributed by atoms with Gasteiger partial charge in [0.25, 0.3) is 0 Å². The van der Waals surface area contributed by atoms with Crippen LogP contribution in [0.2, 0.25) is 0 Å². The Morgan fingerprint density at radius 1 is 1.43 bits per heavy atom. The molecule has 1 aromatic carbocycles. The van der Waals surface area contributed by atoms with E-state index in [2.05, 4.69) is 5.32 Å². The maximum Gasteiger partial charge on any atom is 0.244 e. The lowest BCUT2D eigenvalue weighted by atomic mass is 10.2. The third-order valence-electron chi connectivity index (χ3n) is 3.18. The summed E-state index contributed by atoms with van der Waals surface area (Å²) in [6.45, 7) is 1.60. The molecule has 0 spiro atoms. The average molecular weight is 291 g/mol. The van der Waals surface area contributed by atoms with Gasteiger partial charge in [-0.2, -0.15) is 0 Å². The Bertz CT molecular complexity index is 464. The van der Waals surface area contributed by atoms with Crippen molar-refractivity contribution in [1.29, 1.82) is 0 Å². The van der Waals surface area contributed by atoms with Crippen LogP contribution in [-0.4, -0.2) is 39.1 Å². The summed E-state index contributed by atoms with van der Waals surface area (Å²) in [4.78, 5) is 11.7. The van der Waals surface area contributed by atoms with E-state index in [1.165, 1.54) is 6.08 Å². The number of rotatable bonds is 7. The average Bonchev–Trinajstić information content (AvgIpc) is 3.03. The molecule has 114 valence electrons. The molecule has 5 nitrogen and oxygen atoms in total. The van der Waals surface area contributed by atoms with Gasteiger partial charge in [0, 0.05) is 26.3 Å². The number of benzene rings is 1. The van der Waals surface area contributed by atoms with Crippen molar-refractivity contribution in [3.8, 4) is 5.75 Å². The first-order chi connectivity index (χ1) is 10.3. The van der Waals surface area contributed by atoms with Crippen LogP contribution in [-0.2, 0) is 14.3 Å². The SMILES string of the molecule is COCOc1ccc(/C=C/C(=O)NCC2CCCO2)cc1. The first-order valence-corrected chi connectivity index (χ1v) is 7.07. The molecule has 1 saturated heterocycles. The molecule has 0 bridgehead atoms. The van der Waals surface area contributed by atoms with E-state index in [0.717, 1.165) is 30.8 Å². The number of methoxy groups -OCH3 is 1. The fourth-order valence-corrected chi connectivity index (χ4v) is 2.05. The van der Waals surface area contributed by atoms with Gasteiger partial charge >= 0.3 is 0 Å². The Balaban J connectivity index is 1.75. The molecule has 1 unspecified atom stereocenters. The zero-order valence-corrected chi connectivity index (χ0v) is 12.2. The van der Waals surface area contributed by atoms with Gasteiger partial charge in [-0.05, 0) is 36.6 Å². The van der Waals surface area contributed by atoms with E-state index in [4.69, 9.17) is 14.2 Å². The fourth-order valence-electron chi connectivity index (χ4n) is 2.05. The maximum absolute atomic E-state index is 11.7. The molecule has 5 heteroatoms. The van der Waals surface area contributed by atoms with E-state index in [1.807, 2.05) is 24.3 Å². The van der Waals surface area contributed by atoms with E-state index in [1.54, 1.807) is 13.2 Å². The van der Waals surface area contributed by atoms with Crippen molar-refractivity contribution >= 4 is 12.0 Å². The van der Waals surface area contributed by atoms with Crippen molar-refractivity contribution in [2.75, 3.05) is 27.1 Å². The summed E-state index contributed by atoms with van der Waals surface area (Å²) in [5.74, 6) is 0.627. The lowest BCUT2D eigenvalue weighted by molar-refractivity contribution is -0.116. The quantitative estimate of drug-likeness (QED) is 0.616. The normalized spacial score (nSPS) is 18.0. The zero-order chi connectivity index (χ0) is 14.9. The third kappa shape index (κ3) is 5.57. The predicted molar refractivity (Wildman–Crippen MR) is 80.0 cm³/mol. The smallest absolute Gasteiger partial charge is 0.244 e. The Morgan fingerprint density at radius 2 is 2.24 bits per heavy atom. The fraction of sp³-hybridized carbons (Fsp3) is 0.438. The second-order valence-electron chi connectivity index (χ2n) is 4.83. The minimum absolute atomic E-state index is 0.106. The van der Waals surface area contributed by atoms with Crippen molar-refractivity contribution in [3.05, 3.63) is 35.9 Å². The first-order valence-electron chi connectivity index (χ1n) is 7.07. The molecule has 0 saturated carbocycles. The molecule has 1 amide bonds. The molecule has 21 heavy (non-hydrogen) atoms. The molecule has 0 aliphatic carbocycles. The maximum atomic E-state index is 11.7. The predicted octanol–water partition coefficient (Wildman–Crippen LogP) is 1.98. The second-order valence-corrected chi connectivity index (χ2v) is 4.83. The molecule has 2 rings (SSSR count). The number of hydrogen-bond acceptors (Lipinski definition) is 4. The first kappa shape index (κ1) is 15.5. The van der Waals surface area contributed by atoms with Crippen LogP contribution >= 0.6 is 0 Å². The lowest BCUT2D eigenvalue weighted by Gasteiger charge is -2.08. The molecule has 0 radical (unpaired) electrons. The van der Waals surface area contributed by atoms with Crippen LogP contribution in [0.4, 0.5) is 0 Å². The highest BCUT2D eigenvalue weighted by atomic mass is 16.7. The Kier molecular flexibility index (Phi) is 6.24. The van der Waals surface area contributed by atoms with E-state index in [9.17, 15) is 4.79 Å². The van der Waals surface area contributed by atoms with E-state index >= 15 is 0 Å². The Morgan fingerprint density at radius 3 is 2.90 bits per heavy atom. The van der Waals surface area contributed by atoms with Gasteiger partial charge < -0.3 is 19.5 Å². The number of nitrogens with one attached hydrogen (secondary N) is 1. The van der Waals surface area contributed by atoms with Gasteiger partial charge in [-0.15, -0.1) is 0 Å². The highest BCUT2D eigenvalue weighted by Gasteiger charge is 2.15. The number of amides is 1. The van der Waals surface area contributed by atoms with Gasteiger partial charge in [0.15, 0.2) is 6.79 Å². The molecule has 1 aromatic rings. The molecule has 1 fully saturated rings. The highest BCUT2D eigenvalue weighted by Crippen LogP contribution is 2.13. The topological polar surface area (TPSA) is 56.8 Å². The van der Waals surface area contributed by atoms with Crippen molar-refractivity contribution in [1.82, 2.24) is 5.32 Å². The van der Waals surface area contributed by atoms with Crippen molar-refractivity contribution in [2.45, 2.75) is 18.9 Å². The Hall–Kier alpha value is -1.85. The number of carbonyl (C=O) groups excluding carboxylic acids is 1. The van der Waals surface area contributed by atoms with Crippen LogP contribution in [0.15, 0.2) is 30.3 Å². The second kappa shape index (κ2) is 8.44. The van der Waals surface area contributed by atoms with Crippen molar-refractivity contribution < 1.29 is 19.0 Å². The molecule has 1 atom stereocenters. The summed E-state index contributed by atoms with van der Waals surface area (Å²) < 4.78 is 15.6. The lowest BCUT2D eigenvalue weighted by Crippen LogP contribution is -2.30. The zero-order valence-electron chi connectivity index (χ0n) is 12.2. The molecular formula is C16H21NO4. The van der Waals surface area contributed by atoms with Crippen molar-refractivity contribution in [2.24, 2.45) is 0 Å². The van der Waals surface area contributed by atoms with Crippen molar-refractivity contribution in [3.63, 3.8) is 0 Å². The van der Waals surface area contributed by atoms with E-state index in [0.29, 0.717) is 6.54 Å². The van der Waals surface area contributed by atoms with E-state index < -0.39 is 0 Å². The monoisotopic (exact) mass is 291 g/mol. The van der Waals surface area contributed by atoms with Gasteiger partial charge in [0.1, 0.15) is 5.75 Å². The summed E-state index contributed by atoms with van der Waals surface area (Å²) in [5, 5.41) is 2.84. The molecule has 1 heterocycles. The van der Waals surface area contributed by atoms with Crippen LogP contribution in [0.5, 0.6) is 5.75 Å². The van der Waals surface area contributed by atoms with Crippen LogP contribution in [0, 0.1) is 0 Å². The van der Waals surface area contributed by atoms with Gasteiger partial charge in [-0.1, -0.05) is 12.1 Å². The largest absolute Gasteiger partial charge is 0.468 e.